The molecule has 0 saturated carbocycles. The summed E-state index contributed by atoms with van der Waals surface area (Å²) >= 11 is 0. The van der Waals surface area contributed by atoms with Crippen molar-refractivity contribution in [2.24, 2.45) is 0 Å². The third-order valence-corrected chi connectivity index (χ3v) is 7.91. The van der Waals surface area contributed by atoms with E-state index in [2.05, 4.69) is 12.2 Å². The lowest BCUT2D eigenvalue weighted by molar-refractivity contribution is -0.140. The minimum absolute atomic E-state index is 0.0176. The van der Waals surface area contributed by atoms with E-state index in [0.717, 1.165) is 18.6 Å². The fourth-order valence-electron chi connectivity index (χ4n) is 5.06. The van der Waals surface area contributed by atoms with Gasteiger partial charge >= 0.3 is 5.97 Å². The maximum atomic E-state index is 12.9. The molecule has 2 rings (SSSR count). The number of carbonyl (C=O) groups is 2. The van der Waals surface area contributed by atoms with E-state index in [0.29, 0.717) is 52.9 Å². The van der Waals surface area contributed by atoms with Crippen molar-refractivity contribution in [1.82, 2.24) is 5.32 Å². The average molecular weight is 734 g/mol. The van der Waals surface area contributed by atoms with Crippen molar-refractivity contribution in [3.05, 3.63) is 65.4 Å². The Balaban J connectivity index is 1.40. The molecule has 0 spiro atoms. The Hall–Kier alpha value is -3.14. The van der Waals surface area contributed by atoms with E-state index in [4.69, 9.17) is 38.4 Å². The number of rotatable bonds is 34. The second kappa shape index (κ2) is 31.4. The zero-order valence-electron chi connectivity index (χ0n) is 31.0. The zero-order valence-corrected chi connectivity index (χ0v) is 31.0. The van der Waals surface area contributed by atoms with E-state index < -0.39 is 17.9 Å². The Morgan fingerprint density at radius 3 is 1.60 bits per heavy atom. The van der Waals surface area contributed by atoms with Gasteiger partial charge in [0.15, 0.2) is 0 Å². The van der Waals surface area contributed by atoms with Gasteiger partial charge in [0.05, 0.1) is 71.8 Å². The molecule has 0 heterocycles. The van der Waals surface area contributed by atoms with Gasteiger partial charge in [-0.15, -0.1) is 0 Å². The van der Waals surface area contributed by atoms with Crippen LogP contribution in [-0.2, 0) is 44.4 Å². The highest BCUT2D eigenvalue weighted by atomic mass is 16.8. The number of esters is 1. The van der Waals surface area contributed by atoms with Crippen molar-refractivity contribution in [2.45, 2.75) is 83.6 Å². The molecule has 0 aliphatic carbocycles. The van der Waals surface area contributed by atoms with Crippen molar-refractivity contribution >= 4 is 17.6 Å². The van der Waals surface area contributed by atoms with Crippen LogP contribution in [0, 0.1) is 5.21 Å². The minimum Gasteiger partial charge on any atom is -0.733 e. The molecule has 294 valence electrons. The number of unbranched alkanes of at least 4 members (excludes halogenated alkanes) is 9. The Morgan fingerprint density at radius 1 is 0.635 bits per heavy atom. The van der Waals surface area contributed by atoms with Crippen molar-refractivity contribution in [2.75, 3.05) is 84.5 Å². The predicted molar refractivity (Wildman–Crippen MR) is 199 cm³/mol. The Morgan fingerprint density at radius 2 is 1.10 bits per heavy atom. The molecule has 0 radical (unpaired) electrons. The predicted octanol–water partition coefficient (Wildman–Crippen LogP) is 6.03. The number of hydrogen-bond acceptors (Lipinski definition) is 12. The van der Waals surface area contributed by atoms with Crippen LogP contribution in [0.1, 0.15) is 76.7 Å². The van der Waals surface area contributed by atoms with Gasteiger partial charge in [0.1, 0.15) is 18.4 Å². The molecule has 52 heavy (non-hydrogen) atoms. The highest BCUT2D eigenvalue weighted by Gasteiger charge is 2.23. The molecule has 0 aliphatic rings. The first kappa shape index (κ1) is 45.0. The quantitative estimate of drug-likeness (QED) is 0.0373. The standard InChI is InChI=1S/C39H61N2O11/c1-2-3-4-5-6-7-8-9-10-14-21-46-22-23-47-24-25-48-26-27-49-28-29-50-30-31-51-33-38(42)40-37(32-34-15-12-11-13-16-34)39(43)52-36-19-17-35(18-20-36)41(44)45/h11-13,15-20,37,44H,2-10,14,21-33H2,1H3,(H,40,42)/q-1. The molecule has 0 saturated heterocycles. The summed E-state index contributed by atoms with van der Waals surface area (Å²) in [6, 6.07) is 13.5. The van der Waals surface area contributed by atoms with Crippen molar-refractivity contribution in [1.29, 1.82) is 0 Å². The summed E-state index contributed by atoms with van der Waals surface area (Å²) in [4.78, 5) is 25.5. The lowest BCUT2D eigenvalue weighted by atomic mass is 10.1. The number of hydrogen-bond donors (Lipinski definition) is 2. The van der Waals surface area contributed by atoms with Crippen molar-refractivity contribution < 1.29 is 48.0 Å². The van der Waals surface area contributed by atoms with Gasteiger partial charge in [-0.25, -0.2) is 4.79 Å². The van der Waals surface area contributed by atoms with Crippen LogP contribution in [0.25, 0.3) is 0 Å². The van der Waals surface area contributed by atoms with Crippen LogP contribution < -0.4 is 15.3 Å². The minimum atomic E-state index is -0.986. The largest absolute Gasteiger partial charge is 0.733 e. The SMILES string of the molecule is CCCCCCCCCCCCOCCOCCOCCOCCOCCOCC(=O)NC(Cc1ccccc1)C(=O)Oc1ccc(N([O-])O)cc1. The topological polar surface area (TPSA) is 157 Å². The van der Waals surface area contributed by atoms with Gasteiger partial charge in [-0.3, -0.25) is 10.0 Å². The lowest BCUT2D eigenvalue weighted by Gasteiger charge is -2.22. The molecule has 1 amide bonds. The van der Waals surface area contributed by atoms with Crippen LogP contribution >= 0.6 is 0 Å². The van der Waals surface area contributed by atoms with Crippen LogP contribution in [0.15, 0.2) is 54.6 Å². The molecule has 0 aliphatic heterocycles. The fourth-order valence-corrected chi connectivity index (χ4v) is 5.06. The monoisotopic (exact) mass is 733 g/mol. The molecule has 1 atom stereocenters. The smallest absolute Gasteiger partial charge is 0.334 e. The van der Waals surface area contributed by atoms with Gasteiger partial charge in [0.2, 0.25) is 5.91 Å². The first-order valence-corrected chi connectivity index (χ1v) is 18.8. The highest BCUT2D eigenvalue weighted by molar-refractivity contribution is 5.86. The van der Waals surface area contributed by atoms with E-state index in [1.165, 1.54) is 82.1 Å². The summed E-state index contributed by atoms with van der Waals surface area (Å²) in [5.41, 5.74) is 0.807. The van der Waals surface area contributed by atoms with Gasteiger partial charge in [0, 0.05) is 13.0 Å². The number of ether oxygens (including phenoxy) is 7. The molecule has 2 aromatic carbocycles. The second-order valence-electron chi connectivity index (χ2n) is 12.3. The summed E-state index contributed by atoms with van der Waals surface area (Å²) in [6.07, 6.45) is 13.4. The number of nitrogens with one attached hydrogen (secondary N) is 1. The van der Waals surface area contributed by atoms with Crippen molar-refractivity contribution in [3.8, 4) is 5.75 Å². The number of nitrogens with zero attached hydrogens (tertiary/aromatic N) is 1. The molecule has 13 nitrogen and oxygen atoms in total. The number of amides is 1. The summed E-state index contributed by atoms with van der Waals surface area (Å²) in [5, 5.41) is 22.4. The van der Waals surface area contributed by atoms with Gasteiger partial charge in [-0.1, -0.05) is 95.0 Å². The first-order chi connectivity index (χ1) is 25.5. The molecule has 0 bridgehead atoms. The second-order valence-corrected chi connectivity index (χ2v) is 12.3. The molecule has 2 aromatic rings. The van der Waals surface area contributed by atoms with Crippen LogP contribution in [0.4, 0.5) is 5.69 Å². The van der Waals surface area contributed by atoms with Crippen molar-refractivity contribution in [3.63, 3.8) is 0 Å². The Labute approximate surface area is 309 Å². The van der Waals surface area contributed by atoms with E-state index in [-0.39, 0.29) is 42.9 Å². The van der Waals surface area contributed by atoms with Gasteiger partial charge in [-0.2, -0.15) is 0 Å². The number of anilines is 1. The van der Waals surface area contributed by atoms with Crippen LogP contribution in [0.3, 0.4) is 0 Å². The third kappa shape index (κ3) is 24.2. The summed E-state index contributed by atoms with van der Waals surface area (Å²) in [7, 11) is 0. The van der Waals surface area contributed by atoms with E-state index >= 15 is 0 Å². The molecular weight excluding hydrogens is 672 g/mol. The summed E-state index contributed by atoms with van der Waals surface area (Å²) in [5.74, 6) is -1.02. The number of carbonyl (C=O) groups excluding carboxylic acids is 2. The maximum Gasteiger partial charge on any atom is 0.334 e. The number of benzene rings is 2. The summed E-state index contributed by atoms with van der Waals surface area (Å²) in [6.45, 7) is 7.12. The average Bonchev–Trinajstić information content (AvgIpc) is 3.15. The van der Waals surface area contributed by atoms with Gasteiger partial charge < -0.3 is 48.9 Å². The van der Waals surface area contributed by atoms with Crippen LogP contribution in [-0.4, -0.2) is 102 Å². The lowest BCUT2D eigenvalue weighted by Crippen LogP contribution is -2.46. The van der Waals surface area contributed by atoms with E-state index in [1.807, 2.05) is 30.3 Å². The molecule has 0 fully saturated rings. The highest BCUT2D eigenvalue weighted by Crippen LogP contribution is 2.19. The molecule has 2 N–H and O–H groups in total. The normalized spacial score (nSPS) is 11.8. The van der Waals surface area contributed by atoms with Gasteiger partial charge in [-0.05, 0) is 36.2 Å². The summed E-state index contributed by atoms with van der Waals surface area (Å²) < 4.78 is 38.5. The molecule has 13 heteroatoms. The van der Waals surface area contributed by atoms with Gasteiger partial charge in [0.25, 0.3) is 0 Å². The van der Waals surface area contributed by atoms with Crippen LogP contribution in [0.2, 0.25) is 0 Å². The molecule has 0 aromatic heterocycles. The van der Waals surface area contributed by atoms with E-state index in [1.54, 1.807) is 0 Å². The Kier molecular flexibility index (Phi) is 27.2. The third-order valence-electron chi connectivity index (χ3n) is 7.91. The van der Waals surface area contributed by atoms with E-state index in [9.17, 15) is 14.8 Å². The fraction of sp³-hybridized carbons (Fsp3) is 0.641. The Bertz CT molecular complexity index is 1140. The maximum absolute atomic E-state index is 12.9. The molecule has 1 unspecified atom stereocenters. The molecular formula is C39H61N2O11-. The first-order valence-electron chi connectivity index (χ1n) is 18.8. The zero-order chi connectivity index (χ0) is 37.3. The van der Waals surface area contributed by atoms with Crippen LogP contribution in [0.5, 0.6) is 5.75 Å².